The Balaban J connectivity index is 1.97. The van der Waals surface area contributed by atoms with Crippen molar-refractivity contribution in [2.24, 2.45) is 5.41 Å². The highest BCUT2D eigenvalue weighted by atomic mass is 16.3. The molecule has 0 amide bonds. The van der Waals surface area contributed by atoms with Crippen LogP contribution in [0.2, 0.25) is 0 Å². The molecule has 0 spiro atoms. The van der Waals surface area contributed by atoms with Crippen molar-refractivity contribution in [1.82, 2.24) is 5.32 Å². The Labute approximate surface area is 104 Å². The van der Waals surface area contributed by atoms with Crippen LogP contribution in [-0.4, -0.2) is 17.3 Å². The minimum absolute atomic E-state index is 0.0116. The Morgan fingerprint density at radius 3 is 2.65 bits per heavy atom. The van der Waals surface area contributed by atoms with E-state index < -0.39 is 0 Å². The van der Waals surface area contributed by atoms with Crippen molar-refractivity contribution in [1.29, 1.82) is 0 Å². The summed E-state index contributed by atoms with van der Waals surface area (Å²) in [5, 5.41) is 13.3. The summed E-state index contributed by atoms with van der Waals surface area (Å²) >= 11 is 0. The van der Waals surface area contributed by atoms with Crippen LogP contribution in [0.25, 0.3) is 0 Å². The molecule has 0 aliphatic heterocycles. The molecule has 1 aliphatic carbocycles. The highest BCUT2D eigenvalue weighted by Crippen LogP contribution is 2.40. The molecule has 2 nitrogen and oxygen atoms in total. The van der Waals surface area contributed by atoms with Gasteiger partial charge in [0.15, 0.2) is 0 Å². The lowest BCUT2D eigenvalue weighted by Crippen LogP contribution is -2.59. The summed E-state index contributed by atoms with van der Waals surface area (Å²) in [5.41, 5.74) is 4.01. The highest BCUT2D eigenvalue weighted by Gasteiger charge is 2.46. The van der Waals surface area contributed by atoms with Crippen LogP contribution in [0.3, 0.4) is 0 Å². The fraction of sp³-hybridized carbons (Fsp3) is 0.600. The van der Waals surface area contributed by atoms with Crippen LogP contribution < -0.4 is 5.32 Å². The zero-order chi connectivity index (χ0) is 12.6. The Bertz CT molecular complexity index is 411. The molecule has 2 unspecified atom stereocenters. The monoisotopic (exact) mass is 233 g/mol. The topological polar surface area (TPSA) is 32.3 Å². The first-order chi connectivity index (χ1) is 7.91. The third-order valence-corrected chi connectivity index (χ3v) is 4.26. The van der Waals surface area contributed by atoms with E-state index in [2.05, 4.69) is 51.2 Å². The summed E-state index contributed by atoms with van der Waals surface area (Å²) in [4.78, 5) is 0. The second kappa shape index (κ2) is 4.43. The fourth-order valence-corrected chi connectivity index (χ4v) is 2.47. The van der Waals surface area contributed by atoms with Crippen molar-refractivity contribution in [3.8, 4) is 0 Å². The molecule has 17 heavy (non-hydrogen) atoms. The molecule has 0 aromatic heterocycles. The first-order valence-electron chi connectivity index (χ1n) is 6.39. The fourth-order valence-electron chi connectivity index (χ4n) is 2.47. The van der Waals surface area contributed by atoms with Gasteiger partial charge in [-0.1, -0.05) is 37.6 Å². The average Bonchev–Trinajstić information content (AvgIpc) is 2.28. The van der Waals surface area contributed by atoms with Gasteiger partial charge in [0.2, 0.25) is 0 Å². The van der Waals surface area contributed by atoms with Gasteiger partial charge in [-0.25, -0.2) is 0 Å². The summed E-state index contributed by atoms with van der Waals surface area (Å²) in [7, 11) is 0. The van der Waals surface area contributed by atoms with Crippen LogP contribution >= 0.6 is 0 Å². The standard InChI is InChI=1S/C15H23NO/c1-10-5-6-11(2)12(7-10)9-16-13-8-14(17)15(13,3)4/h5-7,13-14,16-17H,8-9H2,1-4H3. The lowest BCUT2D eigenvalue weighted by atomic mass is 9.64. The molecule has 0 saturated heterocycles. The molecule has 1 saturated carbocycles. The smallest absolute Gasteiger partial charge is 0.0621 e. The highest BCUT2D eigenvalue weighted by molar-refractivity contribution is 5.30. The van der Waals surface area contributed by atoms with Crippen LogP contribution in [-0.2, 0) is 6.54 Å². The van der Waals surface area contributed by atoms with E-state index in [-0.39, 0.29) is 11.5 Å². The Hall–Kier alpha value is -0.860. The molecule has 1 fully saturated rings. The molecule has 0 radical (unpaired) electrons. The van der Waals surface area contributed by atoms with E-state index in [0.29, 0.717) is 6.04 Å². The van der Waals surface area contributed by atoms with Gasteiger partial charge < -0.3 is 10.4 Å². The van der Waals surface area contributed by atoms with Gasteiger partial charge >= 0.3 is 0 Å². The second-order valence-corrected chi connectivity index (χ2v) is 5.94. The lowest BCUT2D eigenvalue weighted by Gasteiger charge is -2.49. The molecular formula is C15H23NO. The number of aliphatic hydroxyl groups is 1. The molecule has 1 aromatic carbocycles. The molecule has 0 bridgehead atoms. The van der Waals surface area contributed by atoms with Gasteiger partial charge in [0.1, 0.15) is 0 Å². The van der Waals surface area contributed by atoms with Gasteiger partial charge in [-0.2, -0.15) is 0 Å². The number of aliphatic hydroxyl groups excluding tert-OH is 1. The Morgan fingerprint density at radius 1 is 1.35 bits per heavy atom. The molecule has 1 aliphatic rings. The summed E-state index contributed by atoms with van der Waals surface area (Å²) in [6.45, 7) is 9.43. The Kier molecular flexibility index (Phi) is 3.28. The third kappa shape index (κ3) is 2.38. The zero-order valence-corrected chi connectivity index (χ0v) is 11.2. The average molecular weight is 233 g/mol. The van der Waals surface area contributed by atoms with Gasteiger partial charge in [0.05, 0.1) is 6.10 Å². The first kappa shape index (κ1) is 12.6. The van der Waals surface area contributed by atoms with Gasteiger partial charge in [0, 0.05) is 18.0 Å². The predicted molar refractivity (Wildman–Crippen MR) is 70.9 cm³/mol. The number of benzene rings is 1. The minimum atomic E-state index is -0.154. The SMILES string of the molecule is Cc1ccc(C)c(CNC2CC(O)C2(C)C)c1. The van der Waals surface area contributed by atoms with E-state index >= 15 is 0 Å². The molecule has 94 valence electrons. The van der Waals surface area contributed by atoms with Gasteiger partial charge in [-0.15, -0.1) is 0 Å². The second-order valence-electron chi connectivity index (χ2n) is 5.94. The number of hydrogen-bond acceptors (Lipinski definition) is 2. The van der Waals surface area contributed by atoms with Crippen molar-refractivity contribution in [3.63, 3.8) is 0 Å². The molecule has 2 N–H and O–H groups in total. The summed E-state index contributed by atoms with van der Waals surface area (Å²) < 4.78 is 0. The maximum Gasteiger partial charge on any atom is 0.0621 e. The quantitative estimate of drug-likeness (QED) is 0.841. The van der Waals surface area contributed by atoms with Crippen molar-refractivity contribution in [2.75, 3.05) is 0 Å². The van der Waals surface area contributed by atoms with E-state index in [1.165, 1.54) is 16.7 Å². The molecule has 2 atom stereocenters. The van der Waals surface area contributed by atoms with Crippen LogP contribution in [0.1, 0.15) is 37.0 Å². The van der Waals surface area contributed by atoms with E-state index in [1.54, 1.807) is 0 Å². The molecular weight excluding hydrogens is 210 g/mol. The minimum Gasteiger partial charge on any atom is -0.392 e. The van der Waals surface area contributed by atoms with Crippen molar-refractivity contribution < 1.29 is 5.11 Å². The Morgan fingerprint density at radius 2 is 2.06 bits per heavy atom. The van der Waals surface area contributed by atoms with E-state index in [1.807, 2.05) is 0 Å². The van der Waals surface area contributed by atoms with Gasteiger partial charge in [0.25, 0.3) is 0 Å². The normalized spacial score (nSPS) is 26.6. The lowest BCUT2D eigenvalue weighted by molar-refractivity contribution is -0.0730. The predicted octanol–water partition coefficient (Wildman–Crippen LogP) is 2.55. The van der Waals surface area contributed by atoms with Gasteiger partial charge in [-0.3, -0.25) is 0 Å². The van der Waals surface area contributed by atoms with E-state index in [9.17, 15) is 5.11 Å². The van der Waals surface area contributed by atoms with E-state index in [0.717, 1.165) is 13.0 Å². The molecule has 0 heterocycles. The maximum atomic E-state index is 9.70. The van der Waals surface area contributed by atoms with Crippen LogP contribution in [0.4, 0.5) is 0 Å². The number of aryl methyl sites for hydroxylation is 2. The summed E-state index contributed by atoms with van der Waals surface area (Å²) in [5.74, 6) is 0. The van der Waals surface area contributed by atoms with Crippen molar-refractivity contribution in [2.45, 2.75) is 52.8 Å². The molecule has 2 heteroatoms. The maximum absolute atomic E-state index is 9.70. The first-order valence-corrected chi connectivity index (χ1v) is 6.39. The number of nitrogens with one attached hydrogen (secondary N) is 1. The number of hydrogen-bond donors (Lipinski definition) is 2. The van der Waals surface area contributed by atoms with Gasteiger partial charge in [-0.05, 0) is 31.4 Å². The van der Waals surface area contributed by atoms with Crippen LogP contribution in [0, 0.1) is 19.3 Å². The summed E-state index contributed by atoms with van der Waals surface area (Å²) in [6.07, 6.45) is 0.719. The molecule has 1 aromatic rings. The largest absolute Gasteiger partial charge is 0.392 e. The van der Waals surface area contributed by atoms with Crippen molar-refractivity contribution in [3.05, 3.63) is 34.9 Å². The number of rotatable bonds is 3. The van der Waals surface area contributed by atoms with Crippen LogP contribution in [0.15, 0.2) is 18.2 Å². The van der Waals surface area contributed by atoms with Crippen LogP contribution in [0.5, 0.6) is 0 Å². The van der Waals surface area contributed by atoms with E-state index in [4.69, 9.17) is 0 Å². The third-order valence-electron chi connectivity index (χ3n) is 4.26. The van der Waals surface area contributed by atoms with Crippen molar-refractivity contribution >= 4 is 0 Å². The zero-order valence-electron chi connectivity index (χ0n) is 11.2. The summed E-state index contributed by atoms with van der Waals surface area (Å²) in [6, 6.07) is 6.99. The molecule has 2 rings (SSSR count).